The molecular weight excluding hydrogens is 625 g/mol. The number of aromatic hydroxyl groups is 1. The van der Waals surface area contributed by atoms with Gasteiger partial charge in [0.15, 0.2) is 11.5 Å². The van der Waals surface area contributed by atoms with E-state index in [0.29, 0.717) is 11.7 Å². The summed E-state index contributed by atoms with van der Waals surface area (Å²) in [5, 5.41) is 12.3. The lowest BCUT2D eigenvalue weighted by Crippen LogP contribution is -2.17. The minimum atomic E-state index is -0.293. The lowest BCUT2D eigenvalue weighted by molar-refractivity contribution is 0.446. The molecular formula is C46H54N4O. The highest BCUT2D eigenvalue weighted by Gasteiger charge is 2.30. The largest absolute Gasteiger partial charge is 0.507 e. The van der Waals surface area contributed by atoms with E-state index in [9.17, 15) is 5.11 Å². The van der Waals surface area contributed by atoms with Crippen molar-refractivity contribution in [2.75, 3.05) is 0 Å². The molecule has 0 spiro atoms. The monoisotopic (exact) mass is 678 g/mol. The van der Waals surface area contributed by atoms with E-state index in [2.05, 4.69) is 148 Å². The number of rotatable bonds is 7. The average molecular weight is 679 g/mol. The summed E-state index contributed by atoms with van der Waals surface area (Å²) in [5.74, 6) is 1.77. The van der Waals surface area contributed by atoms with Gasteiger partial charge in [0.05, 0.1) is 16.9 Å². The molecule has 5 heteroatoms. The fourth-order valence-electron chi connectivity index (χ4n) is 7.00. The van der Waals surface area contributed by atoms with Crippen LogP contribution in [0.25, 0.3) is 50.6 Å². The Kier molecular flexibility index (Phi) is 9.48. The third kappa shape index (κ3) is 6.83. The second-order valence-corrected chi connectivity index (χ2v) is 17.0. The average Bonchev–Trinajstić information content (AvgIpc) is 3.46. The molecule has 1 N–H and O–H groups in total. The van der Waals surface area contributed by atoms with Crippen LogP contribution in [0.2, 0.25) is 0 Å². The molecule has 0 aliphatic rings. The Bertz CT molecular complexity index is 2180. The predicted octanol–water partition coefficient (Wildman–Crippen LogP) is 12.5. The van der Waals surface area contributed by atoms with E-state index >= 15 is 0 Å². The van der Waals surface area contributed by atoms with Gasteiger partial charge in [-0.15, -0.1) is 0 Å². The quantitative estimate of drug-likeness (QED) is 0.182. The molecule has 0 amide bonds. The summed E-state index contributed by atoms with van der Waals surface area (Å²) < 4.78 is 2.24. The fourth-order valence-corrected chi connectivity index (χ4v) is 7.00. The van der Waals surface area contributed by atoms with Crippen LogP contribution in [0.4, 0.5) is 0 Å². The molecule has 0 aliphatic heterocycles. The number of pyridine rings is 2. The van der Waals surface area contributed by atoms with E-state index < -0.39 is 0 Å². The number of aromatic nitrogens is 4. The van der Waals surface area contributed by atoms with Crippen molar-refractivity contribution in [1.29, 1.82) is 0 Å². The summed E-state index contributed by atoms with van der Waals surface area (Å²) >= 11 is 0. The van der Waals surface area contributed by atoms with Crippen LogP contribution in [0, 0.1) is 0 Å². The van der Waals surface area contributed by atoms with E-state index in [0.717, 1.165) is 55.9 Å². The number of hydrogen-bond acceptors (Lipinski definition) is 4. The van der Waals surface area contributed by atoms with Crippen LogP contribution in [0.1, 0.15) is 129 Å². The first-order chi connectivity index (χ1) is 24.0. The zero-order chi connectivity index (χ0) is 37.0. The second-order valence-electron chi connectivity index (χ2n) is 17.0. The number of hydrogen-bond donors (Lipinski definition) is 1. The molecule has 264 valence electrons. The van der Waals surface area contributed by atoms with Crippen LogP contribution in [0.3, 0.4) is 0 Å². The normalized spacial score (nSPS) is 12.5. The standard InChI is InChI=1S/C46H54N4O/c1-27(2)30-22-31(24-32(23-30)39-18-13-14-20-47-39)36-19-21-48-44-40(36)49-43(50(44)41-34(28(3)4)16-15-17-35(41)29(5)6)37-25-33(45(7,8)9)26-38(42(37)51)46(10,11)12/h13-29,51H,1-12H3. The molecule has 0 saturated carbocycles. The molecule has 3 aromatic carbocycles. The molecule has 0 aliphatic carbocycles. The van der Waals surface area contributed by atoms with Crippen molar-refractivity contribution in [2.45, 2.75) is 112 Å². The Labute approximate surface area is 304 Å². The van der Waals surface area contributed by atoms with Gasteiger partial charge in [0.25, 0.3) is 0 Å². The van der Waals surface area contributed by atoms with E-state index in [1.165, 1.54) is 16.7 Å². The van der Waals surface area contributed by atoms with Crippen molar-refractivity contribution in [3.8, 4) is 45.2 Å². The number of para-hydroxylation sites is 1. The van der Waals surface area contributed by atoms with Crippen molar-refractivity contribution in [2.24, 2.45) is 0 Å². The third-order valence-electron chi connectivity index (χ3n) is 10.0. The van der Waals surface area contributed by atoms with Crippen LogP contribution in [-0.4, -0.2) is 24.6 Å². The molecule has 0 saturated heterocycles. The van der Waals surface area contributed by atoms with Crippen molar-refractivity contribution in [3.05, 3.63) is 113 Å². The van der Waals surface area contributed by atoms with Gasteiger partial charge >= 0.3 is 0 Å². The van der Waals surface area contributed by atoms with Crippen LogP contribution in [-0.2, 0) is 10.8 Å². The first kappa shape index (κ1) is 36.0. The molecule has 0 radical (unpaired) electrons. The molecule has 3 heterocycles. The van der Waals surface area contributed by atoms with Gasteiger partial charge in [-0.2, -0.15) is 0 Å². The Hall–Kier alpha value is -4.77. The van der Waals surface area contributed by atoms with Gasteiger partial charge < -0.3 is 5.11 Å². The van der Waals surface area contributed by atoms with E-state index in [-0.39, 0.29) is 28.4 Å². The maximum Gasteiger partial charge on any atom is 0.165 e. The number of phenols is 1. The van der Waals surface area contributed by atoms with Gasteiger partial charge in [-0.25, -0.2) is 9.97 Å². The van der Waals surface area contributed by atoms with E-state index in [1.807, 2.05) is 24.5 Å². The number of nitrogens with zero attached hydrogens (tertiary/aromatic N) is 4. The summed E-state index contributed by atoms with van der Waals surface area (Å²) in [6, 6.07) is 25.8. The maximum absolute atomic E-state index is 12.3. The number of fused-ring (bicyclic) bond motifs is 1. The number of benzene rings is 3. The zero-order valence-corrected chi connectivity index (χ0v) is 32.6. The Balaban J connectivity index is 1.79. The molecule has 6 rings (SSSR count). The predicted molar refractivity (Wildman–Crippen MR) is 214 cm³/mol. The third-order valence-corrected chi connectivity index (χ3v) is 10.0. The van der Waals surface area contributed by atoms with Crippen LogP contribution in [0.15, 0.2) is 85.2 Å². The topological polar surface area (TPSA) is 63.8 Å². The van der Waals surface area contributed by atoms with Crippen LogP contribution >= 0.6 is 0 Å². The second kappa shape index (κ2) is 13.4. The lowest BCUT2D eigenvalue weighted by atomic mass is 9.79. The first-order valence-electron chi connectivity index (χ1n) is 18.4. The molecule has 0 bridgehead atoms. The minimum absolute atomic E-state index is 0.152. The van der Waals surface area contributed by atoms with Gasteiger partial charge in [-0.3, -0.25) is 9.55 Å². The van der Waals surface area contributed by atoms with Gasteiger partial charge in [0, 0.05) is 29.1 Å². The highest BCUT2D eigenvalue weighted by atomic mass is 16.3. The first-order valence-corrected chi connectivity index (χ1v) is 18.4. The molecule has 0 atom stereocenters. The zero-order valence-electron chi connectivity index (χ0n) is 32.6. The van der Waals surface area contributed by atoms with Gasteiger partial charge in [0.1, 0.15) is 11.3 Å². The summed E-state index contributed by atoms with van der Waals surface area (Å²) in [6.07, 6.45) is 3.75. The Morgan fingerprint density at radius 2 is 1.29 bits per heavy atom. The van der Waals surface area contributed by atoms with Crippen molar-refractivity contribution in [1.82, 2.24) is 19.5 Å². The highest BCUT2D eigenvalue weighted by Crippen LogP contribution is 2.45. The van der Waals surface area contributed by atoms with Crippen molar-refractivity contribution < 1.29 is 5.11 Å². The number of imidazole rings is 1. The summed E-state index contributed by atoms with van der Waals surface area (Å²) in [4.78, 5) is 15.4. The molecule has 0 fully saturated rings. The lowest BCUT2D eigenvalue weighted by Gasteiger charge is -2.28. The van der Waals surface area contributed by atoms with E-state index in [1.54, 1.807) is 0 Å². The fraction of sp³-hybridized carbons (Fsp3) is 0.370. The molecule has 5 nitrogen and oxygen atoms in total. The SMILES string of the molecule is CC(C)c1cc(-c2ccccn2)cc(-c2ccnc3c2nc(-c2cc(C(C)(C)C)cc(C(C)(C)C)c2O)n3-c2c(C(C)C)cccc2C(C)C)c1. The summed E-state index contributed by atoms with van der Waals surface area (Å²) in [5.41, 5.74) is 12.7. The maximum atomic E-state index is 12.3. The molecule has 51 heavy (non-hydrogen) atoms. The van der Waals surface area contributed by atoms with E-state index in [4.69, 9.17) is 15.0 Å². The molecule has 3 aromatic heterocycles. The smallest absolute Gasteiger partial charge is 0.165 e. The van der Waals surface area contributed by atoms with Gasteiger partial charge in [0.2, 0.25) is 0 Å². The molecule has 0 unspecified atom stereocenters. The Morgan fingerprint density at radius 1 is 0.627 bits per heavy atom. The van der Waals surface area contributed by atoms with Crippen molar-refractivity contribution >= 4 is 11.2 Å². The minimum Gasteiger partial charge on any atom is -0.507 e. The summed E-state index contributed by atoms with van der Waals surface area (Å²) in [6.45, 7) is 26.6. The summed E-state index contributed by atoms with van der Waals surface area (Å²) in [7, 11) is 0. The number of phenolic OH excluding ortho intramolecular Hbond substituents is 1. The molecule has 6 aromatic rings. The van der Waals surface area contributed by atoms with Gasteiger partial charge in [-0.05, 0) is 92.8 Å². The van der Waals surface area contributed by atoms with Crippen LogP contribution < -0.4 is 0 Å². The van der Waals surface area contributed by atoms with Gasteiger partial charge in [-0.1, -0.05) is 119 Å². The highest BCUT2D eigenvalue weighted by molar-refractivity contribution is 5.95. The van der Waals surface area contributed by atoms with Crippen LogP contribution in [0.5, 0.6) is 5.75 Å². The van der Waals surface area contributed by atoms with Crippen molar-refractivity contribution in [3.63, 3.8) is 0 Å². The Morgan fingerprint density at radius 3 is 1.86 bits per heavy atom.